The number of carboxylic acid groups (broad SMARTS) is 1. The molecule has 22 heavy (non-hydrogen) atoms. The average Bonchev–Trinajstić information content (AvgIpc) is 2.96. The van der Waals surface area contributed by atoms with E-state index in [4.69, 9.17) is 14.6 Å². The number of carboxylic acids is 1. The number of hydrogen-bond donors (Lipinski definition) is 1. The minimum atomic E-state index is -0.857. The van der Waals surface area contributed by atoms with Crippen LogP contribution < -0.4 is 9.47 Å². The fourth-order valence-corrected chi connectivity index (χ4v) is 2.54. The van der Waals surface area contributed by atoms with Crippen LogP contribution >= 0.6 is 12.4 Å². The third-order valence-electron chi connectivity index (χ3n) is 3.82. The number of methoxy groups -OCH3 is 2. The Morgan fingerprint density at radius 3 is 2.18 bits per heavy atom. The molecule has 7 heteroatoms. The number of halogens is 1. The van der Waals surface area contributed by atoms with E-state index in [0.717, 1.165) is 5.56 Å². The van der Waals surface area contributed by atoms with Gasteiger partial charge in [-0.2, -0.15) is 0 Å². The first-order chi connectivity index (χ1) is 9.97. The van der Waals surface area contributed by atoms with E-state index in [0.29, 0.717) is 30.0 Å². The molecule has 0 saturated carbocycles. The molecule has 122 valence electrons. The highest BCUT2D eigenvalue weighted by atomic mass is 35.5. The lowest BCUT2D eigenvalue weighted by Crippen LogP contribution is -2.30. The van der Waals surface area contributed by atoms with Gasteiger partial charge in [0.05, 0.1) is 20.1 Å². The minimum absolute atomic E-state index is 0. The topological polar surface area (TPSA) is 76.1 Å². The van der Waals surface area contributed by atoms with Gasteiger partial charge < -0.3 is 19.5 Å². The van der Waals surface area contributed by atoms with Gasteiger partial charge >= 0.3 is 5.97 Å². The summed E-state index contributed by atoms with van der Waals surface area (Å²) in [6, 6.07) is 3.32. The summed E-state index contributed by atoms with van der Waals surface area (Å²) in [5.74, 6) is -0.388. The zero-order valence-electron chi connectivity index (χ0n) is 12.8. The first kappa shape index (κ1) is 18.1. The molecule has 6 nitrogen and oxygen atoms in total. The number of benzene rings is 1. The Bertz CT molecular complexity index is 550. The molecule has 1 aliphatic heterocycles. The van der Waals surface area contributed by atoms with Crippen LogP contribution in [0.3, 0.4) is 0 Å². The number of rotatable bonds is 4. The second-order valence-electron chi connectivity index (χ2n) is 5.08. The molecule has 0 aliphatic carbocycles. The van der Waals surface area contributed by atoms with Crippen molar-refractivity contribution in [3.8, 4) is 11.5 Å². The molecule has 0 radical (unpaired) electrons. The smallest absolute Gasteiger partial charge is 0.308 e. The van der Waals surface area contributed by atoms with Gasteiger partial charge in [0.2, 0.25) is 0 Å². The number of likely N-dealkylation sites (tertiary alicyclic amines) is 1. The van der Waals surface area contributed by atoms with Gasteiger partial charge in [0.25, 0.3) is 5.91 Å². The van der Waals surface area contributed by atoms with E-state index in [-0.39, 0.29) is 24.9 Å². The Balaban J connectivity index is 0.00000242. The Morgan fingerprint density at radius 2 is 1.77 bits per heavy atom. The normalized spacial score (nSPS) is 16.9. The van der Waals surface area contributed by atoms with Gasteiger partial charge in [-0.1, -0.05) is 0 Å². The summed E-state index contributed by atoms with van der Waals surface area (Å²) in [7, 11) is 3.07. The first-order valence-corrected chi connectivity index (χ1v) is 6.72. The molecule has 0 spiro atoms. The molecule has 1 fully saturated rings. The summed E-state index contributed by atoms with van der Waals surface area (Å²) in [4.78, 5) is 25.0. The molecule has 1 saturated heterocycles. The van der Waals surface area contributed by atoms with E-state index in [1.807, 2.05) is 6.92 Å². The molecule has 1 aromatic carbocycles. The molecular weight excluding hydrogens is 310 g/mol. The van der Waals surface area contributed by atoms with E-state index in [1.54, 1.807) is 17.0 Å². The monoisotopic (exact) mass is 329 g/mol. The lowest BCUT2D eigenvalue weighted by Gasteiger charge is -2.18. The van der Waals surface area contributed by atoms with Gasteiger partial charge in [0.1, 0.15) is 11.5 Å². The lowest BCUT2D eigenvalue weighted by molar-refractivity contribution is -0.141. The standard InChI is InChI=1S/C15H19NO5.ClH/c1-9-12(20-2)6-11(7-13(9)21-3)14(17)16-5-4-10(8-16)15(18)19;/h6-7,10H,4-5,8H2,1-3H3,(H,18,19);1H. The third kappa shape index (κ3) is 3.44. The number of carbonyl (C=O) groups excluding carboxylic acids is 1. The predicted octanol–water partition coefficient (Wildman–Crippen LogP) is 1.98. The molecule has 1 atom stereocenters. The van der Waals surface area contributed by atoms with Crippen molar-refractivity contribution in [3.05, 3.63) is 23.3 Å². The van der Waals surface area contributed by atoms with Gasteiger partial charge in [-0.15, -0.1) is 12.4 Å². The highest BCUT2D eigenvalue weighted by molar-refractivity contribution is 5.96. The summed E-state index contributed by atoms with van der Waals surface area (Å²) in [5.41, 5.74) is 1.27. The highest BCUT2D eigenvalue weighted by Gasteiger charge is 2.31. The van der Waals surface area contributed by atoms with Crippen LogP contribution in [0, 0.1) is 12.8 Å². The largest absolute Gasteiger partial charge is 0.496 e. The van der Waals surface area contributed by atoms with Crippen LogP contribution in [0.1, 0.15) is 22.3 Å². The number of ether oxygens (including phenoxy) is 2. The molecule has 1 aromatic rings. The number of nitrogens with zero attached hydrogens (tertiary/aromatic N) is 1. The Hall–Kier alpha value is -1.95. The number of hydrogen-bond acceptors (Lipinski definition) is 4. The Kier molecular flexibility index (Phi) is 6.05. The van der Waals surface area contributed by atoms with E-state index >= 15 is 0 Å². The van der Waals surface area contributed by atoms with Crippen molar-refractivity contribution in [2.75, 3.05) is 27.3 Å². The molecule has 2 rings (SSSR count). The molecule has 1 aliphatic rings. The number of carbonyl (C=O) groups is 2. The van der Waals surface area contributed by atoms with Crippen LogP contribution in [0.25, 0.3) is 0 Å². The number of amides is 1. The minimum Gasteiger partial charge on any atom is -0.496 e. The molecule has 0 bridgehead atoms. The van der Waals surface area contributed by atoms with Crippen molar-refractivity contribution in [2.24, 2.45) is 5.92 Å². The summed E-state index contributed by atoms with van der Waals surface area (Å²) in [6.07, 6.45) is 0.487. The van der Waals surface area contributed by atoms with Gasteiger partial charge in [0.15, 0.2) is 0 Å². The molecule has 0 aromatic heterocycles. The Morgan fingerprint density at radius 1 is 1.23 bits per heavy atom. The summed E-state index contributed by atoms with van der Waals surface area (Å²) < 4.78 is 10.5. The maximum atomic E-state index is 12.5. The van der Waals surface area contributed by atoms with Gasteiger partial charge in [-0.25, -0.2) is 0 Å². The van der Waals surface area contributed by atoms with Crippen LogP contribution in [0.2, 0.25) is 0 Å². The summed E-state index contributed by atoms with van der Waals surface area (Å²) in [6.45, 7) is 2.54. The van der Waals surface area contributed by atoms with Crippen molar-refractivity contribution in [1.82, 2.24) is 4.90 Å². The van der Waals surface area contributed by atoms with Gasteiger partial charge in [-0.05, 0) is 25.5 Å². The van der Waals surface area contributed by atoms with Crippen molar-refractivity contribution in [3.63, 3.8) is 0 Å². The predicted molar refractivity (Wildman–Crippen MR) is 83.2 cm³/mol. The molecular formula is C15H20ClNO5. The molecule has 1 unspecified atom stereocenters. The fourth-order valence-electron chi connectivity index (χ4n) is 2.54. The van der Waals surface area contributed by atoms with Crippen LogP contribution in [-0.2, 0) is 4.79 Å². The van der Waals surface area contributed by atoms with Crippen LogP contribution in [0.5, 0.6) is 11.5 Å². The summed E-state index contributed by atoms with van der Waals surface area (Å²) >= 11 is 0. The van der Waals surface area contributed by atoms with E-state index in [1.165, 1.54) is 14.2 Å². The van der Waals surface area contributed by atoms with Gasteiger partial charge in [0, 0.05) is 24.2 Å². The van der Waals surface area contributed by atoms with E-state index in [2.05, 4.69) is 0 Å². The second kappa shape index (κ2) is 7.35. The van der Waals surface area contributed by atoms with Crippen molar-refractivity contribution >= 4 is 24.3 Å². The van der Waals surface area contributed by atoms with Crippen LogP contribution in [-0.4, -0.2) is 49.2 Å². The maximum Gasteiger partial charge on any atom is 0.308 e. The number of aliphatic carboxylic acids is 1. The maximum absolute atomic E-state index is 12.5. The molecule has 1 N–H and O–H groups in total. The van der Waals surface area contributed by atoms with Crippen molar-refractivity contribution in [2.45, 2.75) is 13.3 Å². The highest BCUT2D eigenvalue weighted by Crippen LogP contribution is 2.30. The van der Waals surface area contributed by atoms with Gasteiger partial charge in [-0.3, -0.25) is 9.59 Å². The zero-order chi connectivity index (χ0) is 15.6. The second-order valence-corrected chi connectivity index (χ2v) is 5.08. The SMILES string of the molecule is COc1cc(C(=O)N2CCC(C(=O)O)C2)cc(OC)c1C.Cl. The fraction of sp³-hybridized carbons (Fsp3) is 0.467. The lowest BCUT2D eigenvalue weighted by atomic mass is 10.1. The Labute approximate surface area is 135 Å². The molecule has 1 heterocycles. The summed E-state index contributed by atoms with van der Waals surface area (Å²) in [5, 5.41) is 9.01. The zero-order valence-corrected chi connectivity index (χ0v) is 13.6. The van der Waals surface area contributed by atoms with Crippen LogP contribution in [0.4, 0.5) is 0 Å². The molecule has 1 amide bonds. The average molecular weight is 330 g/mol. The van der Waals surface area contributed by atoms with Crippen molar-refractivity contribution < 1.29 is 24.2 Å². The van der Waals surface area contributed by atoms with Crippen LogP contribution in [0.15, 0.2) is 12.1 Å². The quantitative estimate of drug-likeness (QED) is 0.914. The first-order valence-electron chi connectivity index (χ1n) is 6.72. The third-order valence-corrected chi connectivity index (χ3v) is 3.82. The van der Waals surface area contributed by atoms with E-state index < -0.39 is 11.9 Å². The van der Waals surface area contributed by atoms with Crippen molar-refractivity contribution in [1.29, 1.82) is 0 Å². The van der Waals surface area contributed by atoms with E-state index in [9.17, 15) is 9.59 Å².